The summed E-state index contributed by atoms with van der Waals surface area (Å²) in [4.78, 5) is 12.4. The molecule has 5 heteroatoms. The lowest BCUT2D eigenvalue weighted by Gasteiger charge is -2.29. The van der Waals surface area contributed by atoms with Gasteiger partial charge in [0.2, 0.25) is 0 Å². The van der Waals surface area contributed by atoms with E-state index in [9.17, 15) is 4.79 Å². The van der Waals surface area contributed by atoms with Crippen LogP contribution in [0, 0.1) is 6.92 Å². The van der Waals surface area contributed by atoms with Crippen LogP contribution in [0.3, 0.4) is 0 Å². The quantitative estimate of drug-likeness (QED) is 0.810. The molecule has 0 bridgehead atoms. The van der Waals surface area contributed by atoms with Crippen molar-refractivity contribution in [3.05, 3.63) is 23.3 Å². The lowest BCUT2D eigenvalue weighted by Crippen LogP contribution is -2.46. The Morgan fingerprint density at radius 3 is 2.19 bits per heavy atom. The molecule has 0 saturated heterocycles. The zero-order chi connectivity index (χ0) is 16.0. The highest BCUT2D eigenvalue weighted by Crippen LogP contribution is 2.29. The number of benzene rings is 1. The summed E-state index contributed by atoms with van der Waals surface area (Å²) in [6, 6.07) is 3.39. The van der Waals surface area contributed by atoms with Gasteiger partial charge in [0, 0.05) is 23.3 Å². The molecule has 1 aromatic carbocycles. The Hall–Kier alpha value is -1.75. The predicted octanol–water partition coefficient (Wildman–Crippen LogP) is 2.29. The molecule has 0 aliphatic heterocycles. The Morgan fingerprint density at radius 2 is 1.81 bits per heavy atom. The molecule has 1 rings (SSSR count). The number of rotatable bonds is 7. The van der Waals surface area contributed by atoms with Gasteiger partial charge in [0.15, 0.2) is 0 Å². The molecule has 1 unspecified atom stereocenters. The largest absolute Gasteiger partial charge is 0.496 e. The molecule has 0 heterocycles. The zero-order valence-corrected chi connectivity index (χ0v) is 13.4. The lowest BCUT2D eigenvalue weighted by molar-refractivity contribution is 0.0885. The fourth-order valence-corrected chi connectivity index (χ4v) is 2.14. The summed E-state index contributed by atoms with van der Waals surface area (Å²) in [7, 11) is 3.12. The summed E-state index contributed by atoms with van der Waals surface area (Å²) in [6.07, 6.45) is 1.24. The molecule has 0 saturated carbocycles. The fraction of sp³-hybridized carbons (Fsp3) is 0.562. The molecule has 5 nitrogen and oxygen atoms in total. The highest BCUT2D eigenvalue weighted by atomic mass is 16.5. The monoisotopic (exact) mass is 295 g/mol. The van der Waals surface area contributed by atoms with Crippen molar-refractivity contribution in [2.75, 3.05) is 20.8 Å². The Morgan fingerprint density at radius 1 is 1.29 bits per heavy atom. The normalized spacial score (nSPS) is 13.4. The standard InChI is InChI=1S/C16H25NO4/c1-6-16(3,7-8-18)17-15(19)12-9-13(20-4)11(2)14(10-12)21-5/h9-10,18H,6-8H2,1-5H3,(H,17,19). The number of nitrogens with one attached hydrogen (secondary N) is 1. The van der Waals surface area contributed by atoms with E-state index in [4.69, 9.17) is 14.6 Å². The van der Waals surface area contributed by atoms with Gasteiger partial charge >= 0.3 is 0 Å². The highest BCUT2D eigenvalue weighted by molar-refractivity contribution is 5.95. The van der Waals surface area contributed by atoms with Crippen LogP contribution in [0.15, 0.2) is 12.1 Å². The van der Waals surface area contributed by atoms with Gasteiger partial charge in [-0.15, -0.1) is 0 Å². The van der Waals surface area contributed by atoms with Crippen molar-refractivity contribution in [2.24, 2.45) is 0 Å². The average Bonchev–Trinajstić information content (AvgIpc) is 2.47. The Labute approximate surface area is 126 Å². The Kier molecular flexibility index (Phi) is 6.03. The van der Waals surface area contributed by atoms with E-state index in [1.165, 1.54) is 0 Å². The number of aliphatic hydroxyl groups excluding tert-OH is 1. The van der Waals surface area contributed by atoms with Crippen LogP contribution in [-0.4, -0.2) is 37.4 Å². The third kappa shape index (κ3) is 4.11. The van der Waals surface area contributed by atoms with Crippen LogP contribution in [0.1, 0.15) is 42.6 Å². The van der Waals surface area contributed by atoms with Crippen LogP contribution in [-0.2, 0) is 0 Å². The molecule has 0 aliphatic carbocycles. The van der Waals surface area contributed by atoms with Gasteiger partial charge in [0.1, 0.15) is 11.5 Å². The van der Waals surface area contributed by atoms with E-state index in [2.05, 4.69) is 5.32 Å². The maximum atomic E-state index is 12.4. The van der Waals surface area contributed by atoms with Gasteiger partial charge in [-0.05, 0) is 38.8 Å². The third-order valence-electron chi connectivity index (χ3n) is 3.87. The van der Waals surface area contributed by atoms with E-state index in [1.54, 1.807) is 26.4 Å². The first-order valence-corrected chi connectivity index (χ1v) is 7.06. The van der Waals surface area contributed by atoms with Gasteiger partial charge < -0.3 is 19.9 Å². The minimum absolute atomic E-state index is 0.0329. The summed E-state index contributed by atoms with van der Waals surface area (Å²) in [6.45, 7) is 5.81. The smallest absolute Gasteiger partial charge is 0.251 e. The molecule has 0 fully saturated rings. The molecule has 2 N–H and O–H groups in total. The molecule has 21 heavy (non-hydrogen) atoms. The second-order valence-electron chi connectivity index (χ2n) is 5.35. The van der Waals surface area contributed by atoms with E-state index in [0.29, 0.717) is 23.5 Å². The van der Waals surface area contributed by atoms with Crippen molar-refractivity contribution >= 4 is 5.91 Å². The van der Waals surface area contributed by atoms with Gasteiger partial charge in [-0.3, -0.25) is 4.79 Å². The second-order valence-corrected chi connectivity index (χ2v) is 5.35. The molecular weight excluding hydrogens is 270 g/mol. The summed E-state index contributed by atoms with van der Waals surface area (Å²) in [5, 5.41) is 12.1. The first-order chi connectivity index (χ1) is 9.90. The van der Waals surface area contributed by atoms with Crippen LogP contribution in [0.5, 0.6) is 11.5 Å². The molecular formula is C16H25NO4. The van der Waals surface area contributed by atoms with Crippen LogP contribution in [0.25, 0.3) is 0 Å². The molecule has 1 aromatic rings. The summed E-state index contributed by atoms with van der Waals surface area (Å²) < 4.78 is 10.6. The van der Waals surface area contributed by atoms with Crippen molar-refractivity contribution in [3.8, 4) is 11.5 Å². The van der Waals surface area contributed by atoms with Crippen molar-refractivity contribution in [2.45, 2.75) is 39.2 Å². The third-order valence-corrected chi connectivity index (χ3v) is 3.87. The average molecular weight is 295 g/mol. The van der Waals surface area contributed by atoms with E-state index >= 15 is 0 Å². The van der Waals surface area contributed by atoms with Gasteiger partial charge in [0.25, 0.3) is 5.91 Å². The minimum Gasteiger partial charge on any atom is -0.496 e. The maximum absolute atomic E-state index is 12.4. The van der Waals surface area contributed by atoms with Crippen LogP contribution >= 0.6 is 0 Å². The first kappa shape index (κ1) is 17.3. The fourth-order valence-electron chi connectivity index (χ4n) is 2.14. The number of methoxy groups -OCH3 is 2. The van der Waals surface area contributed by atoms with Gasteiger partial charge in [-0.25, -0.2) is 0 Å². The van der Waals surface area contributed by atoms with Crippen LogP contribution in [0.4, 0.5) is 0 Å². The van der Waals surface area contributed by atoms with Crippen molar-refractivity contribution in [1.29, 1.82) is 0 Å². The van der Waals surface area contributed by atoms with Gasteiger partial charge in [-0.2, -0.15) is 0 Å². The van der Waals surface area contributed by atoms with Crippen LogP contribution in [0.2, 0.25) is 0 Å². The highest BCUT2D eigenvalue weighted by Gasteiger charge is 2.25. The number of carbonyl (C=O) groups excluding carboxylic acids is 1. The number of hydrogen-bond acceptors (Lipinski definition) is 4. The van der Waals surface area contributed by atoms with Crippen LogP contribution < -0.4 is 14.8 Å². The molecule has 0 aromatic heterocycles. The predicted molar refractivity (Wildman–Crippen MR) is 82.1 cm³/mol. The molecule has 0 spiro atoms. The van der Waals surface area contributed by atoms with E-state index in [0.717, 1.165) is 12.0 Å². The molecule has 0 radical (unpaired) electrons. The zero-order valence-electron chi connectivity index (χ0n) is 13.4. The lowest BCUT2D eigenvalue weighted by atomic mass is 9.94. The van der Waals surface area contributed by atoms with E-state index in [1.807, 2.05) is 20.8 Å². The van der Waals surface area contributed by atoms with E-state index < -0.39 is 5.54 Å². The van der Waals surface area contributed by atoms with Crippen molar-refractivity contribution in [1.82, 2.24) is 5.32 Å². The SMILES string of the molecule is CCC(C)(CCO)NC(=O)c1cc(OC)c(C)c(OC)c1. The van der Waals surface area contributed by atoms with Gasteiger partial charge in [-0.1, -0.05) is 6.92 Å². The second kappa shape index (κ2) is 7.31. The number of carbonyl (C=O) groups is 1. The van der Waals surface area contributed by atoms with E-state index in [-0.39, 0.29) is 12.5 Å². The van der Waals surface area contributed by atoms with Gasteiger partial charge in [0.05, 0.1) is 14.2 Å². The Bertz CT molecular complexity index is 476. The maximum Gasteiger partial charge on any atom is 0.251 e. The number of amides is 1. The number of hydrogen-bond donors (Lipinski definition) is 2. The first-order valence-electron chi connectivity index (χ1n) is 7.06. The number of ether oxygens (including phenoxy) is 2. The topological polar surface area (TPSA) is 67.8 Å². The van der Waals surface area contributed by atoms with Crippen molar-refractivity contribution < 1.29 is 19.4 Å². The summed E-state index contributed by atoms with van der Waals surface area (Å²) >= 11 is 0. The van der Waals surface area contributed by atoms with Crippen molar-refractivity contribution in [3.63, 3.8) is 0 Å². The summed E-state index contributed by atoms with van der Waals surface area (Å²) in [5.74, 6) is 1.02. The molecule has 1 atom stereocenters. The molecule has 1 amide bonds. The molecule has 118 valence electrons. The molecule has 0 aliphatic rings. The summed E-state index contributed by atoms with van der Waals surface area (Å²) in [5.41, 5.74) is 0.897. The number of aliphatic hydroxyl groups is 1. The minimum atomic E-state index is -0.433. The Balaban J connectivity index is 3.07.